The van der Waals surface area contributed by atoms with Crippen LogP contribution in [0.4, 0.5) is 0 Å². The largest absolute Gasteiger partial charge is 0.148 e. The van der Waals surface area contributed by atoms with Crippen molar-refractivity contribution < 1.29 is 0 Å². The molecule has 1 aromatic carbocycles. The van der Waals surface area contributed by atoms with Crippen LogP contribution >= 0.6 is 11.3 Å². The first-order valence-electron chi connectivity index (χ1n) is 4.43. The Balaban J connectivity index is 2.20. The number of rotatable bonds is 2. The zero-order chi connectivity index (χ0) is 9.10. The van der Waals surface area contributed by atoms with E-state index in [9.17, 15) is 0 Å². The van der Waals surface area contributed by atoms with Crippen molar-refractivity contribution in [3.63, 3.8) is 0 Å². The Bertz CT molecular complexity index is 373. The third-order valence-electron chi connectivity index (χ3n) is 2.18. The van der Waals surface area contributed by atoms with Crippen LogP contribution in [0.25, 0.3) is 0 Å². The molecule has 0 amide bonds. The molecule has 2 rings (SSSR count). The fraction of sp³-hybridized carbons (Fsp3) is 0.167. The van der Waals surface area contributed by atoms with Crippen molar-refractivity contribution in [1.82, 2.24) is 0 Å². The fourth-order valence-electron chi connectivity index (χ4n) is 1.37. The average Bonchev–Trinajstić information content (AvgIpc) is 2.54. The van der Waals surface area contributed by atoms with Gasteiger partial charge in [0.15, 0.2) is 0 Å². The van der Waals surface area contributed by atoms with Crippen molar-refractivity contribution in [2.45, 2.75) is 13.3 Å². The maximum Gasteiger partial charge on any atom is 0.0118 e. The molecule has 0 aliphatic rings. The first-order valence-corrected chi connectivity index (χ1v) is 5.31. The van der Waals surface area contributed by atoms with Gasteiger partial charge in [-0.25, -0.2) is 0 Å². The summed E-state index contributed by atoms with van der Waals surface area (Å²) >= 11 is 1.84. The summed E-state index contributed by atoms with van der Waals surface area (Å²) in [6, 6.07) is 12.8. The van der Waals surface area contributed by atoms with E-state index in [2.05, 4.69) is 48.7 Å². The molecule has 0 saturated carbocycles. The lowest BCUT2D eigenvalue weighted by Gasteiger charge is -1.99. The highest BCUT2D eigenvalue weighted by molar-refractivity contribution is 7.10. The Hall–Kier alpha value is -1.08. The van der Waals surface area contributed by atoms with Gasteiger partial charge < -0.3 is 0 Å². The first-order chi connectivity index (χ1) is 6.36. The van der Waals surface area contributed by atoms with Crippen LogP contribution in [-0.2, 0) is 6.42 Å². The molecule has 1 aromatic heterocycles. The van der Waals surface area contributed by atoms with Crippen LogP contribution in [0.3, 0.4) is 0 Å². The van der Waals surface area contributed by atoms with Crippen LogP contribution < -0.4 is 0 Å². The minimum atomic E-state index is 1.07. The maximum absolute atomic E-state index is 2.18. The standard InChI is InChI=1S/C12H12S/c1-10-7-8-13-12(10)9-11-5-3-2-4-6-11/h2-8H,9H2,1H3. The zero-order valence-electron chi connectivity index (χ0n) is 7.66. The second-order valence-electron chi connectivity index (χ2n) is 3.19. The van der Waals surface area contributed by atoms with Crippen LogP contribution in [0.5, 0.6) is 0 Å². The smallest absolute Gasteiger partial charge is 0.0118 e. The molecule has 66 valence electrons. The van der Waals surface area contributed by atoms with Crippen molar-refractivity contribution >= 4 is 11.3 Å². The molecule has 0 saturated heterocycles. The van der Waals surface area contributed by atoms with E-state index >= 15 is 0 Å². The second-order valence-corrected chi connectivity index (χ2v) is 4.19. The highest BCUT2D eigenvalue weighted by Gasteiger charge is 1.99. The summed E-state index contributed by atoms with van der Waals surface area (Å²) in [4.78, 5) is 1.48. The zero-order valence-corrected chi connectivity index (χ0v) is 8.47. The number of hydrogen-bond donors (Lipinski definition) is 0. The van der Waals surface area contributed by atoms with Crippen molar-refractivity contribution in [3.05, 3.63) is 57.8 Å². The summed E-state index contributed by atoms with van der Waals surface area (Å²) in [7, 11) is 0. The number of benzene rings is 1. The van der Waals surface area contributed by atoms with E-state index < -0.39 is 0 Å². The Morgan fingerprint density at radius 2 is 1.85 bits per heavy atom. The summed E-state index contributed by atoms with van der Waals surface area (Å²) in [5, 5.41) is 2.16. The summed E-state index contributed by atoms with van der Waals surface area (Å²) in [6.07, 6.45) is 1.07. The lowest BCUT2D eigenvalue weighted by Crippen LogP contribution is -1.85. The molecule has 0 aliphatic heterocycles. The average molecular weight is 188 g/mol. The molecule has 0 spiro atoms. The monoisotopic (exact) mass is 188 g/mol. The lowest BCUT2D eigenvalue weighted by atomic mass is 10.1. The molecule has 0 fully saturated rings. The third-order valence-corrected chi connectivity index (χ3v) is 3.20. The Morgan fingerprint density at radius 1 is 1.08 bits per heavy atom. The third kappa shape index (κ3) is 1.99. The summed E-state index contributed by atoms with van der Waals surface area (Å²) in [5.74, 6) is 0. The molecule has 0 aliphatic carbocycles. The van der Waals surface area contributed by atoms with E-state index in [0.29, 0.717) is 0 Å². The van der Waals surface area contributed by atoms with Crippen molar-refractivity contribution in [2.75, 3.05) is 0 Å². The predicted molar refractivity (Wildman–Crippen MR) is 58.3 cm³/mol. The molecule has 0 unspecified atom stereocenters. The van der Waals surface area contributed by atoms with E-state index in [1.165, 1.54) is 16.0 Å². The minimum Gasteiger partial charge on any atom is -0.148 e. The second kappa shape index (κ2) is 3.75. The van der Waals surface area contributed by atoms with Gasteiger partial charge in [-0.1, -0.05) is 30.3 Å². The van der Waals surface area contributed by atoms with Gasteiger partial charge in [-0.15, -0.1) is 11.3 Å². The Kier molecular flexibility index (Phi) is 2.46. The van der Waals surface area contributed by atoms with Gasteiger partial charge in [-0.3, -0.25) is 0 Å². The molecule has 0 N–H and O–H groups in total. The summed E-state index contributed by atoms with van der Waals surface area (Å²) < 4.78 is 0. The van der Waals surface area contributed by atoms with E-state index in [1.54, 1.807) is 0 Å². The van der Waals surface area contributed by atoms with E-state index in [-0.39, 0.29) is 0 Å². The van der Waals surface area contributed by atoms with Gasteiger partial charge in [0.25, 0.3) is 0 Å². The van der Waals surface area contributed by atoms with Gasteiger partial charge in [0.2, 0.25) is 0 Å². The predicted octanol–water partition coefficient (Wildman–Crippen LogP) is 3.65. The molecule has 0 radical (unpaired) electrons. The van der Waals surface area contributed by atoms with Crippen LogP contribution in [0.1, 0.15) is 16.0 Å². The van der Waals surface area contributed by atoms with Gasteiger partial charge in [-0.2, -0.15) is 0 Å². The van der Waals surface area contributed by atoms with Crippen LogP contribution in [0.2, 0.25) is 0 Å². The highest BCUT2D eigenvalue weighted by atomic mass is 32.1. The molecule has 0 bridgehead atoms. The van der Waals surface area contributed by atoms with E-state index in [4.69, 9.17) is 0 Å². The van der Waals surface area contributed by atoms with Gasteiger partial charge >= 0.3 is 0 Å². The molecular weight excluding hydrogens is 176 g/mol. The van der Waals surface area contributed by atoms with Crippen LogP contribution in [-0.4, -0.2) is 0 Å². The quantitative estimate of drug-likeness (QED) is 0.675. The molecule has 0 nitrogen and oxygen atoms in total. The summed E-state index contributed by atoms with van der Waals surface area (Å²) in [5.41, 5.74) is 2.81. The fourth-order valence-corrected chi connectivity index (χ4v) is 2.31. The SMILES string of the molecule is Cc1ccsc1Cc1ccccc1. The van der Waals surface area contributed by atoms with Crippen molar-refractivity contribution in [1.29, 1.82) is 0 Å². The number of hydrogen-bond acceptors (Lipinski definition) is 1. The van der Waals surface area contributed by atoms with E-state index in [0.717, 1.165) is 6.42 Å². The lowest BCUT2D eigenvalue weighted by molar-refractivity contribution is 1.21. The molecule has 1 heterocycles. The topological polar surface area (TPSA) is 0 Å². The van der Waals surface area contributed by atoms with Gasteiger partial charge in [0.05, 0.1) is 0 Å². The van der Waals surface area contributed by atoms with Crippen LogP contribution in [0, 0.1) is 6.92 Å². The number of thiophene rings is 1. The summed E-state index contributed by atoms with van der Waals surface area (Å²) in [6.45, 7) is 2.18. The Morgan fingerprint density at radius 3 is 2.46 bits per heavy atom. The van der Waals surface area contributed by atoms with Gasteiger partial charge in [0, 0.05) is 11.3 Å². The molecule has 13 heavy (non-hydrogen) atoms. The minimum absolute atomic E-state index is 1.07. The van der Waals surface area contributed by atoms with Gasteiger partial charge in [-0.05, 0) is 29.5 Å². The van der Waals surface area contributed by atoms with E-state index in [1.807, 2.05) is 11.3 Å². The van der Waals surface area contributed by atoms with Crippen LogP contribution in [0.15, 0.2) is 41.8 Å². The molecule has 1 heteroatoms. The first kappa shape index (κ1) is 8.52. The highest BCUT2D eigenvalue weighted by Crippen LogP contribution is 2.19. The van der Waals surface area contributed by atoms with Crippen molar-refractivity contribution in [2.24, 2.45) is 0 Å². The molecule has 0 atom stereocenters. The molecule has 2 aromatic rings. The van der Waals surface area contributed by atoms with Crippen molar-refractivity contribution in [3.8, 4) is 0 Å². The Labute approximate surface area is 82.9 Å². The number of aryl methyl sites for hydroxylation is 1. The van der Waals surface area contributed by atoms with Gasteiger partial charge in [0.1, 0.15) is 0 Å². The maximum atomic E-state index is 2.18. The normalized spacial score (nSPS) is 10.2. The molecular formula is C12H12S.